The highest BCUT2D eigenvalue weighted by molar-refractivity contribution is 4.95. The first-order valence-electron chi connectivity index (χ1n) is 6.44. The molecule has 0 bridgehead atoms. The minimum absolute atomic E-state index is 0.444. The Morgan fingerprint density at radius 1 is 1.25 bits per heavy atom. The van der Waals surface area contributed by atoms with Gasteiger partial charge in [0, 0.05) is 18.5 Å². The lowest BCUT2D eigenvalue weighted by Gasteiger charge is -2.46. The van der Waals surface area contributed by atoms with Gasteiger partial charge in [-0.2, -0.15) is 0 Å². The summed E-state index contributed by atoms with van der Waals surface area (Å²) in [5.41, 5.74) is 0.907. The van der Waals surface area contributed by atoms with Gasteiger partial charge in [0.1, 0.15) is 0 Å². The molecule has 0 heterocycles. The molecule has 0 amide bonds. The second kappa shape index (κ2) is 4.80. The summed E-state index contributed by atoms with van der Waals surface area (Å²) in [6.45, 7) is 11.7. The van der Waals surface area contributed by atoms with Crippen molar-refractivity contribution < 1.29 is 0 Å². The summed E-state index contributed by atoms with van der Waals surface area (Å²) in [4.78, 5) is 0. The van der Waals surface area contributed by atoms with Crippen molar-refractivity contribution in [3.05, 3.63) is 0 Å². The molecular formula is C15H27N. The van der Waals surface area contributed by atoms with Gasteiger partial charge in [-0.25, -0.2) is 0 Å². The van der Waals surface area contributed by atoms with Crippen LogP contribution in [-0.2, 0) is 0 Å². The predicted molar refractivity (Wildman–Crippen MR) is 71.2 cm³/mol. The van der Waals surface area contributed by atoms with Crippen LogP contribution in [0.5, 0.6) is 0 Å². The van der Waals surface area contributed by atoms with E-state index >= 15 is 0 Å². The molecule has 0 saturated heterocycles. The molecule has 1 nitrogen and oxygen atoms in total. The average molecular weight is 221 g/mol. The van der Waals surface area contributed by atoms with Crippen LogP contribution in [0.1, 0.15) is 60.3 Å². The van der Waals surface area contributed by atoms with Crippen molar-refractivity contribution in [1.29, 1.82) is 0 Å². The van der Waals surface area contributed by atoms with Crippen molar-refractivity contribution in [2.75, 3.05) is 0 Å². The number of hydrogen-bond donors (Lipinski definition) is 1. The number of rotatable bonds is 3. The molecule has 92 valence electrons. The molecule has 1 rings (SSSR count). The molecule has 1 saturated carbocycles. The molecule has 1 aliphatic rings. The predicted octanol–water partition coefficient (Wildman–Crippen LogP) is 3.59. The van der Waals surface area contributed by atoms with Crippen LogP contribution in [0.15, 0.2) is 0 Å². The van der Waals surface area contributed by atoms with Crippen LogP contribution in [-0.4, -0.2) is 12.1 Å². The van der Waals surface area contributed by atoms with Gasteiger partial charge in [0.05, 0.1) is 0 Å². The van der Waals surface area contributed by atoms with Crippen molar-refractivity contribution in [3.8, 4) is 12.3 Å². The Labute approximate surface area is 101 Å². The fourth-order valence-corrected chi connectivity index (χ4v) is 3.60. The zero-order chi connectivity index (χ0) is 12.4. The molecule has 0 radical (unpaired) electrons. The summed E-state index contributed by atoms with van der Waals surface area (Å²) in [5.74, 6) is 2.74. The van der Waals surface area contributed by atoms with Gasteiger partial charge in [-0.15, -0.1) is 12.3 Å². The highest BCUT2D eigenvalue weighted by Gasteiger charge is 2.38. The van der Waals surface area contributed by atoms with Crippen molar-refractivity contribution in [1.82, 2.24) is 5.32 Å². The second-order valence-corrected chi connectivity index (χ2v) is 7.09. The minimum Gasteiger partial charge on any atom is -0.311 e. The molecule has 1 aliphatic carbocycles. The zero-order valence-corrected chi connectivity index (χ0v) is 11.6. The monoisotopic (exact) mass is 221 g/mol. The van der Waals surface area contributed by atoms with Crippen LogP contribution in [0, 0.1) is 23.2 Å². The molecule has 0 aliphatic heterocycles. The first-order chi connectivity index (χ1) is 7.24. The number of terminal acetylenes is 1. The van der Waals surface area contributed by atoms with Gasteiger partial charge in [-0.1, -0.05) is 27.7 Å². The number of hydrogen-bond acceptors (Lipinski definition) is 1. The largest absolute Gasteiger partial charge is 0.311 e. The van der Waals surface area contributed by atoms with E-state index in [1.54, 1.807) is 0 Å². The van der Waals surface area contributed by atoms with Gasteiger partial charge in [0.2, 0.25) is 0 Å². The molecule has 1 heteroatoms. The van der Waals surface area contributed by atoms with E-state index in [9.17, 15) is 0 Å². The third kappa shape index (κ3) is 4.18. The normalized spacial score (nSPS) is 26.0. The highest BCUT2D eigenvalue weighted by atomic mass is 14.9. The Kier molecular flexibility index (Phi) is 4.07. The van der Waals surface area contributed by atoms with Gasteiger partial charge < -0.3 is 5.32 Å². The molecular weight excluding hydrogens is 194 g/mol. The Bertz CT molecular complexity index is 254. The van der Waals surface area contributed by atoms with Crippen LogP contribution in [0.3, 0.4) is 0 Å². The Balaban J connectivity index is 2.58. The molecule has 1 atom stereocenters. The average Bonchev–Trinajstić information content (AvgIpc) is 1.96. The van der Waals surface area contributed by atoms with E-state index in [2.05, 4.69) is 45.9 Å². The maximum absolute atomic E-state index is 5.35. The Hall–Kier alpha value is -0.480. The third-order valence-corrected chi connectivity index (χ3v) is 3.50. The van der Waals surface area contributed by atoms with Crippen LogP contribution in [0.2, 0.25) is 0 Å². The first kappa shape index (κ1) is 13.6. The standard InChI is InChI=1S/C15H27N/c1-7-8-12(2)16-13-9-14(3,4)11-15(5,6)10-13/h1,12-13,16H,8-11H2,2-6H3. The quantitative estimate of drug-likeness (QED) is 0.718. The summed E-state index contributed by atoms with van der Waals surface area (Å²) in [5, 5.41) is 3.69. The summed E-state index contributed by atoms with van der Waals surface area (Å²) in [6.07, 6.45) is 10.0. The lowest BCUT2D eigenvalue weighted by atomic mass is 9.63. The van der Waals surface area contributed by atoms with Gasteiger partial charge in [0.15, 0.2) is 0 Å². The van der Waals surface area contributed by atoms with Gasteiger partial charge in [-0.05, 0) is 37.0 Å². The molecule has 1 fully saturated rings. The van der Waals surface area contributed by atoms with E-state index in [4.69, 9.17) is 6.42 Å². The van der Waals surface area contributed by atoms with Crippen molar-refractivity contribution in [2.24, 2.45) is 10.8 Å². The molecule has 1 unspecified atom stereocenters. The Morgan fingerprint density at radius 2 is 1.75 bits per heavy atom. The minimum atomic E-state index is 0.444. The van der Waals surface area contributed by atoms with Crippen LogP contribution in [0.25, 0.3) is 0 Å². The SMILES string of the molecule is C#CCC(C)NC1CC(C)(C)CC(C)(C)C1. The fraction of sp³-hybridized carbons (Fsp3) is 0.867. The van der Waals surface area contributed by atoms with Crippen molar-refractivity contribution in [2.45, 2.75) is 72.4 Å². The third-order valence-electron chi connectivity index (χ3n) is 3.50. The molecule has 1 N–H and O–H groups in total. The molecule has 16 heavy (non-hydrogen) atoms. The van der Waals surface area contributed by atoms with E-state index in [1.807, 2.05) is 0 Å². The van der Waals surface area contributed by atoms with E-state index in [1.165, 1.54) is 19.3 Å². The van der Waals surface area contributed by atoms with E-state index in [0.717, 1.165) is 6.42 Å². The molecule has 0 aromatic rings. The first-order valence-corrected chi connectivity index (χ1v) is 6.44. The van der Waals surface area contributed by atoms with E-state index in [0.29, 0.717) is 22.9 Å². The molecule has 0 aromatic heterocycles. The van der Waals surface area contributed by atoms with Crippen LogP contribution in [0.4, 0.5) is 0 Å². The summed E-state index contributed by atoms with van der Waals surface area (Å²) >= 11 is 0. The van der Waals surface area contributed by atoms with Crippen LogP contribution < -0.4 is 5.32 Å². The van der Waals surface area contributed by atoms with Crippen molar-refractivity contribution in [3.63, 3.8) is 0 Å². The maximum atomic E-state index is 5.35. The van der Waals surface area contributed by atoms with Gasteiger partial charge in [0.25, 0.3) is 0 Å². The number of nitrogens with one attached hydrogen (secondary N) is 1. The summed E-state index contributed by atoms with van der Waals surface area (Å²) in [6, 6.07) is 1.07. The van der Waals surface area contributed by atoms with Crippen LogP contribution >= 0.6 is 0 Å². The summed E-state index contributed by atoms with van der Waals surface area (Å²) in [7, 11) is 0. The summed E-state index contributed by atoms with van der Waals surface area (Å²) < 4.78 is 0. The second-order valence-electron chi connectivity index (χ2n) is 7.09. The lowest BCUT2D eigenvalue weighted by Crippen LogP contribution is -2.46. The molecule has 0 aromatic carbocycles. The topological polar surface area (TPSA) is 12.0 Å². The van der Waals surface area contributed by atoms with Gasteiger partial charge in [-0.3, -0.25) is 0 Å². The fourth-order valence-electron chi connectivity index (χ4n) is 3.60. The van der Waals surface area contributed by atoms with Gasteiger partial charge >= 0.3 is 0 Å². The Morgan fingerprint density at radius 3 is 2.19 bits per heavy atom. The highest BCUT2D eigenvalue weighted by Crippen LogP contribution is 2.45. The molecule has 0 spiro atoms. The smallest absolute Gasteiger partial charge is 0.0238 e. The van der Waals surface area contributed by atoms with Crippen molar-refractivity contribution >= 4 is 0 Å². The lowest BCUT2D eigenvalue weighted by molar-refractivity contribution is 0.0814. The maximum Gasteiger partial charge on any atom is 0.0238 e. The van der Waals surface area contributed by atoms with E-state index in [-0.39, 0.29) is 0 Å². The zero-order valence-electron chi connectivity index (χ0n) is 11.6. The van der Waals surface area contributed by atoms with E-state index < -0.39 is 0 Å².